The van der Waals surface area contributed by atoms with Gasteiger partial charge in [0.05, 0.1) is 5.69 Å². The summed E-state index contributed by atoms with van der Waals surface area (Å²) in [5.74, 6) is 1.70. The zero-order valence-electron chi connectivity index (χ0n) is 9.53. The summed E-state index contributed by atoms with van der Waals surface area (Å²) in [6.45, 7) is 2.06. The highest BCUT2D eigenvalue weighted by atomic mass is 16.5. The molecule has 0 aliphatic heterocycles. The van der Waals surface area contributed by atoms with Crippen LogP contribution < -0.4 is 10.1 Å². The van der Waals surface area contributed by atoms with E-state index in [1.165, 1.54) is 5.56 Å². The number of aryl methyl sites for hydroxylation is 1. The lowest BCUT2D eigenvalue weighted by molar-refractivity contribution is 0.484. The first-order chi connectivity index (χ1) is 7.79. The molecule has 0 saturated heterocycles. The number of nitrogens with one attached hydrogen (secondary N) is 1. The van der Waals surface area contributed by atoms with Gasteiger partial charge in [0.25, 0.3) is 0 Å². The Hall–Kier alpha value is -1.96. The van der Waals surface area contributed by atoms with Gasteiger partial charge in [-0.25, -0.2) is 0 Å². The maximum Gasteiger partial charge on any atom is 0.150 e. The van der Waals surface area contributed by atoms with Crippen molar-refractivity contribution in [1.82, 2.24) is 0 Å². The third-order valence-electron chi connectivity index (χ3n) is 2.41. The number of anilines is 1. The van der Waals surface area contributed by atoms with Gasteiger partial charge >= 0.3 is 0 Å². The van der Waals surface area contributed by atoms with Crippen molar-refractivity contribution in [1.29, 1.82) is 0 Å². The number of para-hydroxylation sites is 2. The second kappa shape index (κ2) is 4.71. The number of hydrogen-bond donors (Lipinski definition) is 1. The maximum absolute atomic E-state index is 5.79. The molecule has 0 aliphatic rings. The fraction of sp³-hybridized carbons (Fsp3) is 0.143. The average Bonchev–Trinajstić information content (AvgIpc) is 2.33. The third-order valence-corrected chi connectivity index (χ3v) is 2.41. The SMILES string of the molecule is CNc1ccccc1Oc1ccc(C)cc1. The molecule has 16 heavy (non-hydrogen) atoms. The van der Waals surface area contributed by atoms with Gasteiger partial charge in [0.15, 0.2) is 0 Å². The minimum atomic E-state index is 0.842. The van der Waals surface area contributed by atoms with Crippen molar-refractivity contribution in [3.8, 4) is 11.5 Å². The quantitative estimate of drug-likeness (QED) is 0.836. The summed E-state index contributed by atoms with van der Waals surface area (Å²) >= 11 is 0. The number of rotatable bonds is 3. The molecular weight excluding hydrogens is 198 g/mol. The van der Waals surface area contributed by atoms with Gasteiger partial charge in [0.1, 0.15) is 11.5 Å². The van der Waals surface area contributed by atoms with Gasteiger partial charge in [0, 0.05) is 7.05 Å². The Balaban J connectivity index is 2.23. The lowest BCUT2D eigenvalue weighted by atomic mass is 10.2. The Morgan fingerprint density at radius 3 is 2.31 bits per heavy atom. The minimum Gasteiger partial charge on any atom is -0.455 e. The Kier molecular flexibility index (Phi) is 3.10. The first-order valence-corrected chi connectivity index (χ1v) is 5.31. The van der Waals surface area contributed by atoms with Crippen molar-refractivity contribution in [2.45, 2.75) is 6.92 Å². The summed E-state index contributed by atoms with van der Waals surface area (Å²) in [6, 6.07) is 15.9. The van der Waals surface area contributed by atoms with E-state index in [9.17, 15) is 0 Å². The van der Waals surface area contributed by atoms with Crippen LogP contribution in [0.2, 0.25) is 0 Å². The van der Waals surface area contributed by atoms with Crippen molar-refractivity contribution in [2.75, 3.05) is 12.4 Å². The molecule has 0 fully saturated rings. The summed E-state index contributed by atoms with van der Waals surface area (Å²) in [5.41, 5.74) is 2.22. The van der Waals surface area contributed by atoms with E-state index in [1.807, 2.05) is 55.6 Å². The molecule has 0 saturated carbocycles. The number of benzene rings is 2. The van der Waals surface area contributed by atoms with E-state index in [-0.39, 0.29) is 0 Å². The van der Waals surface area contributed by atoms with E-state index in [4.69, 9.17) is 4.74 Å². The molecule has 0 unspecified atom stereocenters. The Morgan fingerprint density at radius 1 is 0.938 bits per heavy atom. The molecule has 0 amide bonds. The summed E-state index contributed by atoms with van der Waals surface area (Å²) in [7, 11) is 1.89. The topological polar surface area (TPSA) is 21.3 Å². The molecule has 82 valence electrons. The normalized spacial score (nSPS) is 9.88. The Bertz CT molecular complexity index is 462. The fourth-order valence-corrected chi connectivity index (χ4v) is 1.50. The van der Waals surface area contributed by atoms with Crippen LogP contribution >= 0.6 is 0 Å². The highest BCUT2D eigenvalue weighted by Gasteiger charge is 2.01. The second-order valence-corrected chi connectivity index (χ2v) is 3.66. The molecule has 0 atom stereocenters. The zero-order valence-corrected chi connectivity index (χ0v) is 9.53. The lowest BCUT2D eigenvalue weighted by Crippen LogP contribution is -1.92. The van der Waals surface area contributed by atoms with E-state index < -0.39 is 0 Å². The van der Waals surface area contributed by atoms with Gasteiger partial charge in [-0.15, -0.1) is 0 Å². The van der Waals surface area contributed by atoms with Crippen LogP contribution in [0.25, 0.3) is 0 Å². The lowest BCUT2D eigenvalue weighted by Gasteiger charge is -2.10. The second-order valence-electron chi connectivity index (χ2n) is 3.66. The smallest absolute Gasteiger partial charge is 0.150 e. The molecule has 0 aromatic heterocycles. The minimum absolute atomic E-state index is 0.842. The van der Waals surface area contributed by atoms with Crippen LogP contribution in [0, 0.1) is 6.92 Å². The Morgan fingerprint density at radius 2 is 1.62 bits per heavy atom. The first kappa shape index (κ1) is 10.6. The van der Waals surface area contributed by atoms with Gasteiger partial charge in [-0.2, -0.15) is 0 Å². The molecule has 2 nitrogen and oxygen atoms in total. The number of hydrogen-bond acceptors (Lipinski definition) is 2. The summed E-state index contributed by atoms with van der Waals surface area (Å²) < 4.78 is 5.79. The standard InChI is InChI=1S/C14H15NO/c1-11-7-9-12(10-8-11)16-14-6-4-3-5-13(14)15-2/h3-10,15H,1-2H3. The van der Waals surface area contributed by atoms with Crippen LogP contribution in [0.5, 0.6) is 11.5 Å². The van der Waals surface area contributed by atoms with Crippen molar-refractivity contribution < 1.29 is 4.74 Å². The molecule has 0 aliphatic carbocycles. The van der Waals surface area contributed by atoms with E-state index in [2.05, 4.69) is 12.2 Å². The van der Waals surface area contributed by atoms with Gasteiger partial charge < -0.3 is 10.1 Å². The molecule has 2 aromatic rings. The maximum atomic E-state index is 5.79. The molecule has 1 N–H and O–H groups in total. The van der Waals surface area contributed by atoms with Gasteiger partial charge in [-0.3, -0.25) is 0 Å². The fourth-order valence-electron chi connectivity index (χ4n) is 1.50. The Labute approximate surface area is 95.9 Å². The van der Waals surface area contributed by atoms with Crippen LogP contribution in [0.1, 0.15) is 5.56 Å². The molecule has 2 heteroatoms. The number of ether oxygens (including phenoxy) is 1. The molecule has 0 spiro atoms. The molecular formula is C14H15NO. The van der Waals surface area contributed by atoms with Crippen LogP contribution in [0.3, 0.4) is 0 Å². The summed E-state index contributed by atoms with van der Waals surface area (Å²) in [4.78, 5) is 0. The predicted molar refractivity (Wildman–Crippen MR) is 67.2 cm³/mol. The van der Waals surface area contributed by atoms with Crippen molar-refractivity contribution >= 4 is 5.69 Å². The van der Waals surface area contributed by atoms with Crippen LogP contribution in [-0.2, 0) is 0 Å². The monoisotopic (exact) mass is 213 g/mol. The summed E-state index contributed by atoms with van der Waals surface area (Å²) in [5, 5.41) is 3.10. The molecule has 0 bridgehead atoms. The van der Waals surface area contributed by atoms with Crippen LogP contribution in [-0.4, -0.2) is 7.05 Å². The van der Waals surface area contributed by atoms with Crippen molar-refractivity contribution in [2.24, 2.45) is 0 Å². The molecule has 2 rings (SSSR count). The summed E-state index contributed by atoms with van der Waals surface area (Å²) in [6.07, 6.45) is 0. The van der Waals surface area contributed by atoms with Crippen LogP contribution in [0.15, 0.2) is 48.5 Å². The van der Waals surface area contributed by atoms with E-state index >= 15 is 0 Å². The largest absolute Gasteiger partial charge is 0.455 e. The predicted octanol–water partition coefficient (Wildman–Crippen LogP) is 3.83. The highest BCUT2D eigenvalue weighted by Crippen LogP contribution is 2.28. The van der Waals surface area contributed by atoms with Crippen LogP contribution in [0.4, 0.5) is 5.69 Å². The average molecular weight is 213 g/mol. The molecule has 0 heterocycles. The molecule has 0 radical (unpaired) electrons. The molecule has 2 aromatic carbocycles. The van der Waals surface area contributed by atoms with E-state index in [0.29, 0.717) is 0 Å². The highest BCUT2D eigenvalue weighted by molar-refractivity contribution is 5.57. The van der Waals surface area contributed by atoms with Crippen molar-refractivity contribution in [3.63, 3.8) is 0 Å². The van der Waals surface area contributed by atoms with Gasteiger partial charge in [-0.05, 0) is 31.2 Å². The van der Waals surface area contributed by atoms with E-state index in [0.717, 1.165) is 17.2 Å². The van der Waals surface area contributed by atoms with Gasteiger partial charge in [-0.1, -0.05) is 29.8 Å². The van der Waals surface area contributed by atoms with E-state index in [1.54, 1.807) is 0 Å². The van der Waals surface area contributed by atoms with Gasteiger partial charge in [0.2, 0.25) is 0 Å². The van der Waals surface area contributed by atoms with Crippen molar-refractivity contribution in [3.05, 3.63) is 54.1 Å². The third kappa shape index (κ3) is 2.34. The first-order valence-electron chi connectivity index (χ1n) is 5.31. The zero-order chi connectivity index (χ0) is 11.4.